The van der Waals surface area contributed by atoms with Gasteiger partial charge in [0, 0.05) is 33.4 Å². The third-order valence-electron chi connectivity index (χ3n) is 12.6. The van der Waals surface area contributed by atoms with E-state index in [1.807, 2.05) is 111 Å². The predicted octanol–water partition coefficient (Wildman–Crippen LogP) is 13.2. The topological polar surface area (TPSA) is 109 Å². The number of nitrogens with zero attached hydrogens (tertiary/aromatic N) is 2. The maximum Gasteiger partial charge on any atom is 0.275 e. The van der Waals surface area contributed by atoms with Crippen LogP contribution in [0.1, 0.15) is 44.5 Å². The molecule has 0 radical (unpaired) electrons. The van der Waals surface area contributed by atoms with Crippen molar-refractivity contribution >= 4 is 74.9 Å². The Kier molecular flexibility index (Phi) is 15.0. The summed E-state index contributed by atoms with van der Waals surface area (Å²) in [6, 6.07) is 69.1. The lowest BCUT2D eigenvalue weighted by molar-refractivity contribution is 0.595. The molecule has 10 aromatic rings. The number of sulfonamides is 2. The van der Waals surface area contributed by atoms with E-state index >= 15 is 0 Å². The standard InChI is InChI=1S/C64H48N2O6S4/c1-47-27-39-59(40-28-47)75(69,70)65(57-21-5-3-6-22-57)73(67)45-51-17-13-15-49(43-51)31-33-55-37-35-53-19-9-11-25-61(53)63(55)64-56(38-36-54-20-10-12-26-62(54)64)34-32-50-16-14-18-52(44-50)46-74(68)66(58-23-7-4-8-24-58)76(71,72)60-41-29-48(2)30-42-60/h3-30,35-44H,45-46H2,1-2H3. The smallest absolute Gasteiger partial charge is 0.235 e. The zero-order valence-corrected chi connectivity index (χ0v) is 44.6. The second kappa shape index (κ2) is 22.2. The SMILES string of the molecule is Cc1ccc(S(=O)(=O)N(c2ccccc2)S(=O)Cc2cccc(C#Cc3ccc4ccccc4c3-c3c(C#Cc4cccc(CS(=O)N(c5ccccc5)S(=O)(=O)c5ccc(C)cc5)c4)ccc4ccccc34)c2)cc1. The lowest BCUT2D eigenvalue weighted by Crippen LogP contribution is -2.33. The van der Waals surface area contributed by atoms with E-state index < -0.39 is 42.0 Å². The summed E-state index contributed by atoms with van der Waals surface area (Å²) >= 11 is 0. The highest BCUT2D eigenvalue weighted by molar-refractivity contribution is 8.07. The van der Waals surface area contributed by atoms with E-state index in [4.69, 9.17) is 0 Å². The highest BCUT2D eigenvalue weighted by Gasteiger charge is 2.32. The highest BCUT2D eigenvalue weighted by Crippen LogP contribution is 2.39. The van der Waals surface area contributed by atoms with E-state index in [0.717, 1.165) is 62.3 Å². The minimum atomic E-state index is -4.20. The minimum Gasteiger partial charge on any atom is -0.235 e. The second-order valence-corrected chi connectivity index (χ2v) is 24.6. The van der Waals surface area contributed by atoms with Crippen molar-refractivity contribution in [2.75, 3.05) is 7.42 Å². The van der Waals surface area contributed by atoms with Crippen LogP contribution in [0.25, 0.3) is 32.7 Å². The van der Waals surface area contributed by atoms with Gasteiger partial charge in [-0.1, -0.05) is 180 Å². The maximum atomic E-state index is 14.3. The van der Waals surface area contributed by atoms with Gasteiger partial charge in [-0.2, -0.15) is 7.42 Å². The zero-order chi connectivity index (χ0) is 52.8. The first-order valence-electron chi connectivity index (χ1n) is 24.2. The van der Waals surface area contributed by atoms with Crippen molar-refractivity contribution < 1.29 is 25.3 Å². The molecule has 0 saturated carbocycles. The molecule has 0 heterocycles. The molecule has 10 rings (SSSR count). The Morgan fingerprint density at radius 2 is 0.750 bits per heavy atom. The number of hydrogen-bond acceptors (Lipinski definition) is 6. The Labute approximate surface area is 449 Å². The lowest BCUT2D eigenvalue weighted by Gasteiger charge is -2.23. The highest BCUT2D eigenvalue weighted by atomic mass is 32.3. The van der Waals surface area contributed by atoms with Crippen LogP contribution in [-0.2, 0) is 53.5 Å². The zero-order valence-electron chi connectivity index (χ0n) is 41.3. The van der Waals surface area contributed by atoms with Crippen molar-refractivity contribution in [1.29, 1.82) is 0 Å². The number of anilines is 2. The Balaban J connectivity index is 0.994. The van der Waals surface area contributed by atoms with E-state index in [2.05, 4.69) is 47.9 Å². The molecule has 0 amide bonds. The van der Waals surface area contributed by atoms with E-state index in [1.165, 1.54) is 24.3 Å². The van der Waals surface area contributed by atoms with E-state index in [0.29, 0.717) is 33.6 Å². The molecule has 0 aliphatic carbocycles. The molecular formula is C64H48N2O6S4. The van der Waals surface area contributed by atoms with Gasteiger partial charge in [0.15, 0.2) is 0 Å². The average molecular weight is 1070 g/mol. The average Bonchev–Trinajstić information content (AvgIpc) is 3.47. The van der Waals surface area contributed by atoms with Gasteiger partial charge in [-0.15, -0.1) is 0 Å². The first-order valence-corrected chi connectivity index (χ1v) is 29.6. The summed E-state index contributed by atoms with van der Waals surface area (Å²) in [6.07, 6.45) is 0. The fraction of sp³-hybridized carbons (Fsp3) is 0.0625. The van der Waals surface area contributed by atoms with E-state index in [-0.39, 0.29) is 21.3 Å². The van der Waals surface area contributed by atoms with Gasteiger partial charge < -0.3 is 0 Å². The molecule has 12 heteroatoms. The van der Waals surface area contributed by atoms with Crippen molar-refractivity contribution in [2.45, 2.75) is 35.1 Å². The van der Waals surface area contributed by atoms with Crippen molar-refractivity contribution in [3.8, 4) is 34.8 Å². The van der Waals surface area contributed by atoms with Crippen LogP contribution in [0.5, 0.6) is 0 Å². The molecule has 0 N–H and O–H groups in total. The summed E-state index contributed by atoms with van der Waals surface area (Å²) in [4.78, 5) is 0.0876. The van der Waals surface area contributed by atoms with Crippen molar-refractivity contribution in [3.63, 3.8) is 0 Å². The minimum absolute atomic E-state index is 0.0438. The molecule has 0 aliphatic heterocycles. The monoisotopic (exact) mass is 1070 g/mol. The normalized spacial score (nSPS) is 12.2. The number of rotatable bonds is 13. The molecule has 374 valence electrons. The molecule has 8 nitrogen and oxygen atoms in total. The summed E-state index contributed by atoms with van der Waals surface area (Å²) in [7, 11) is -12.5. The number of hydrogen-bond donors (Lipinski definition) is 0. The fourth-order valence-corrected chi connectivity index (χ4v) is 15.5. The summed E-state index contributed by atoms with van der Waals surface area (Å²) in [5.74, 6) is 13.5. The van der Waals surface area contributed by atoms with E-state index in [9.17, 15) is 25.3 Å². The molecule has 0 aromatic heterocycles. The van der Waals surface area contributed by atoms with Gasteiger partial charge in [-0.25, -0.2) is 25.3 Å². The molecule has 0 spiro atoms. The molecule has 10 aromatic carbocycles. The Morgan fingerprint density at radius 1 is 0.382 bits per heavy atom. The summed E-state index contributed by atoms with van der Waals surface area (Å²) in [6.45, 7) is 3.75. The largest absolute Gasteiger partial charge is 0.275 e. The van der Waals surface area contributed by atoms with Gasteiger partial charge in [-0.05, 0) is 131 Å². The van der Waals surface area contributed by atoms with Crippen molar-refractivity contribution in [2.24, 2.45) is 0 Å². The number of benzene rings is 10. The summed E-state index contributed by atoms with van der Waals surface area (Å²) < 4.78 is 87.0. The predicted molar refractivity (Wildman–Crippen MR) is 310 cm³/mol. The van der Waals surface area contributed by atoms with Crippen LogP contribution in [0.15, 0.2) is 240 Å². The van der Waals surface area contributed by atoms with Crippen LogP contribution >= 0.6 is 0 Å². The Morgan fingerprint density at radius 3 is 1.14 bits per heavy atom. The van der Waals surface area contributed by atoms with Crippen LogP contribution in [0.3, 0.4) is 0 Å². The van der Waals surface area contributed by atoms with Crippen LogP contribution in [0, 0.1) is 37.5 Å². The van der Waals surface area contributed by atoms with Crippen molar-refractivity contribution in [1.82, 2.24) is 0 Å². The molecule has 0 saturated heterocycles. The van der Waals surface area contributed by atoms with Gasteiger partial charge in [-0.3, -0.25) is 0 Å². The van der Waals surface area contributed by atoms with Gasteiger partial charge >= 0.3 is 0 Å². The lowest BCUT2D eigenvalue weighted by atomic mass is 9.87. The van der Waals surface area contributed by atoms with Crippen LogP contribution in [0.2, 0.25) is 0 Å². The number of fused-ring (bicyclic) bond motifs is 2. The maximum absolute atomic E-state index is 14.3. The van der Waals surface area contributed by atoms with Gasteiger partial charge in [0.1, 0.15) is 22.0 Å². The molecule has 2 atom stereocenters. The Bertz CT molecular complexity index is 3950. The fourth-order valence-electron chi connectivity index (χ4n) is 8.89. The van der Waals surface area contributed by atoms with Crippen molar-refractivity contribution in [3.05, 3.63) is 275 Å². The third-order valence-corrected chi connectivity index (χ3v) is 20.1. The van der Waals surface area contributed by atoms with Crippen LogP contribution < -0.4 is 7.42 Å². The molecule has 0 fully saturated rings. The molecule has 2 unspecified atom stereocenters. The molecular weight excluding hydrogens is 1020 g/mol. The second-order valence-electron chi connectivity index (χ2n) is 18.0. The number of para-hydroxylation sites is 2. The first kappa shape index (κ1) is 51.1. The molecule has 76 heavy (non-hydrogen) atoms. The van der Waals surface area contributed by atoms with Gasteiger partial charge in [0.2, 0.25) is 0 Å². The Hall–Kier alpha value is -8.36. The summed E-state index contributed by atoms with van der Waals surface area (Å²) in [5, 5.41) is 3.97. The van der Waals surface area contributed by atoms with Gasteiger partial charge in [0.25, 0.3) is 20.0 Å². The quantitative estimate of drug-likeness (QED) is 0.106. The van der Waals surface area contributed by atoms with E-state index in [1.54, 1.807) is 84.9 Å². The first-order chi connectivity index (χ1) is 36.8. The van der Waals surface area contributed by atoms with Crippen LogP contribution in [-0.4, -0.2) is 25.3 Å². The molecule has 0 bridgehead atoms. The number of aryl methyl sites for hydroxylation is 2. The molecule has 0 aliphatic rings. The summed E-state index contributed by atoms with van der Waals surface area (Å²) in [5.41, 5.74) is 8.27. The van der Waals surface area contributed by atoms with Gasteiger partial charge in [0.05, 0.1) is 32.7 Å². The van der Waals surface area contributed by atoms with Crippen LogP contribution in [0.4, 0.5) is 11.4 Å². The third kappa shape index (κ3) is 11.0.